The Labute approximate surface area is 107 Å². The molecule has 1 aliphatic rings. The Balaban J connectivity index is 2.22. The number of nitrogens with one attached hydrogen (secondary N) is 2. The molecule has 0 radical (unpaired) electrons. The second-order valence-corrected chi connectivity index (χ2v) is 4.85. The fraction of sp³-hybridized carbons (Fsp3) is 0.667. The number of anilines is 2. The summed E-state index contributed by atoms with van der Waals surface area (Å²) in [5.74, 6) is 7.02. The lowest BCUT2D eigenvalue weighted by atomic mass is 9.92. The van der Waals surface area contributed by atoms with Crippen LogP contribution in [0.5, 0.6) is 0 Å². The smallest absolute Gasteiger partial charge is 0.148 e. The van der Waals surface area contributed by atoms with E-state index in [1.807, 2.05) is 0 Å². The van der Waals surface area contributed by atoms with E-state index in [1.54, 1.807) is 0 Å². The Bertz CT molecular complexity index is 403. The van der Waals surface area contributed by atoms with E-state index in [0.29, 0.717) is 5.82 Å². The van der Waals surface area contributed by atoms with Crippen LogP contribution >= 0.6 is 0 Å². The summed E-state index contributed by atoms with van der Waals surface area (Å²) in [6.07, 6.45) is 4.31. The van der Waals surface area contributed by atoms with Crippen LogP contribution in [0.2, 0.25) is 0 Å². The predicted octanol–water partition coefficient (Wildman–Crippen LogP) is 1.31. The Morgan fingerprint density at radius 1 is 1.33 bits per heavy atom. The fourth-order valence-electron chi connectivity index (χ4n) is 2.21. The van der Waals surface area contributed by atoms with Gasteiger partial charge in [0.15, 0.2) is 0 Å². The molecule has 0 atom stereocenters. The summed E-state index contributed by atoms with van der Waals surface area (Å²) in [5, 5.41) is 3.52. The van der Waals surface area contributed by atoms with Crippen molar-refractivity contribution in [2.75, 3.05) is 24.0 Å². The quantitative estimate of drug-likeness (QED) is 0.552. The minimum absolute atomic E-state index is 0.0302. The average molecular weight is 251 g/mol. The fourth-order valence-corrected chi connectivity index (χ4v) is 2.21. The molecule has 0 aromatic carbocycles. The summed E-state index contributed by atoms with van der Waals surface area (Å²) in [4.78, 5) is 8.47. The third-order valence-electron chi connectivity index (χ3n) is 3.45. The predicted molar refractivity (Wildman–Crippen MR) is 71.3 cm³/mol. The van der Waals surface area contributed by atoms with Crippen LogP contribution in [0, 0.1) is 0 Å². The summed E-state index contributed by atoms with van der Waals surface area (Å²) in [7, 11) is 0. The van der Waals surface area contributed by atoms with E-state index in [4.69, 9.17) is 10.6 Å². The van der Waals surface area contributed by atoms with Gasteiger partial charge in [-0.1, -0.05) is 6.92 Å². The van der Waals surface area contributed by atoms with Crippen LogP contribution in [0.1, 0.15) is 32.3 Å². The van der Waals surface area contributed by atoms with E-state index in [1.165, 1.54) is 6.33 Å². The van der Waals surface area contributed by atoms with Crippen molar-refractivity contribution in [3.05, 3.63) is 11.9 Å². The van der Waals surface area contributed by atoms with Gasteiger partial charge in [-0.2, -0.15) is 0 Å². The van der Waals surface area contributed by atoms with Crippen LogP contribution in [0.25, 0.3) is 0 Å². The Morgan fingerprint density at radius 2 is 2.00 bits per heavy atom. The first kappa shape index (κ1) is 13.0. The second-order valence-electron chi connectivity index (χ2n) is 4.85. The van der Waals surface area contributed by atoms with Crippen molar-refractivity contribution in [2.45, 2.75) is 38.6 Å². The molecule has 6 heteroatoms. The zero-order valence-electron chi connectivity index (χ0n) is 11.0. The molecule has 0 bridgehead atoms. The molecular weight excluding hydrogens is 230 g/mol. The minimum Gasteiger partial charge on any atom is -0.381 e. The maximum Gasteiger partial charge on any atom is 0.148 e. The van der Waals surface area contributed by atoms with Crippen LogP contribution in [-0.2, 0) is 11.2 Å². The Morgan fingerprint density at radius 3 is 2.61 bits per heavy atom. The number of aromatic nitrogens is 2. The SMILES string of the molecule is CCc1c(NN)ncnc1NC1(C)CCOCC1. The highest BCUT2D eigenvalue weighted by molar-refractivity contribution is 5.57. The van der Waals surface area contributed by atoms with Gasteiger partial charge in [0.25, 0.3) is 0 Å². The van der Waals surface area contributed by atoms with Crippen molar-refractivity contribution < 1.29 is 4.74 Å². The van der Waals surface area contributed by atoms with Gasteiger partial charge in [0, 0.05) is 24.3 Å². The maximum absolute atomic E-state index is 5.47. The standard InChI is InChI=1S/C12H21N5O/c1-3-9-10(14-8-15-11(9)17-13)16-12(2)4-6-18-7-5-12/h8H,3-7,13H2,1-2H3,(H2,14,15,16,17). The lowest BCUT2D eigenvalue weighted by molar-refractivity contribution is 0.0657. The van der Waals surface area contributed by atoms with Crippen LogP contribution in [0.4, 0.5) is 11.6 Å². The highest BCUT2D eigenvalue weighted by atomic mass is 16.5. The molecule has 18 heavy (non-hydrogen) atoms. The first-order valence-corrected chi connectivity index (χ1v) is 6.35. The molecule has 0 saturated carbocycles. The molecule has 6 nitrogen and oxygen atoms in total. The minimum atomic E-state index is 0.0302. The van der Waals surface area contributed by atoms with E-state index in [2.05, 4.69) is 34.6 Å². The van der Waals surface area contributed by atoms with Crippen LogP contribution in [0.3, 0.4) is 0 Å². The van der Waals surface area contributed by atoms with E-state index < -0.39 is 0 Å². The van der Waals surface area contributed by atoms with Crippen molar-refractivity contribution in [2.24, 2.45) is 5.84 Å². The molecule has 1 fully saturated rings. The highest BCUT2D eigenvalue weighted by Gasteiger charge is 2.28. The molecule has 1 saturated heterocycles. The first-order valence-electron chi connectivity index (χ1n) is 6.35. The van der Waals surface area contributed by atoms with Gasteiger partial charge in [0.2, 0.25) is 0 Å². The lowest BCUT2D eigenvalue weighted by Gasteiger charge is -2.35. The normalized spacial score (nSPS) is 18.4. The number of nitrogen functional groups attached to an aromatic ring is 1. The molecule has 0 spiro atoms. The molecule has 2 heterocycles. The van der Waals surface area contributed by atoms with Crippen LogP contribution < -0.4 is 16.6 Å². The molecule has 4 N–H and O–H groups in total. The monoisotopic (exact) mass is 251 g/mol. The largest absolute Gasteiger partial charge is 0.381 e. The van der Waals surface area contributed by atoms with Gasteiger partial charge in [-0.05, 0) is 26.2 Å². The van der Waals surface area contributed by atoms with Crippen molar-refractivity contribution in [1.82, 2.24) is 9.97 Å². The van der Waals surface area contributed by atoms with Crippen molar-refractivity contribution in [3.63, 3.8) is 0 Å². The maximum atomic E-state index is 5.47. The number of ether oxygens (including phenoxy) is 1. The molecule has 1 aromatic rings. The molecule has 1 aliphatic heterocycles. The van der Waals surface area contributed by atoms with Crippen LogP contribution in [-0.4, -0.2) is 28.7 Å². The van der Waals surface area contributed by atoms with Gasteiger partial charge in [-0.3, -0.25) is 0 Å². The molecule has 0 aliphatic carbocycles. The molecule has 2 rings (SSSR count). The summed E-state index contributed by atoms with van der Waals surface area (Å²) in [6.45, 7) is 5.85. The van der Waals surface area contributed by atoms with Gasteiger partial charge in [-0.15, -0.1) is 0 Å². The zero-order chi connectivity index (χ0) is 13.0. The average Bonchev–Trinajstić information content (AvgIpc) is 2.38. The number of nitrogens with zero attached hydrogens (tertiary/aromatic N) is 2. The van der Waals surface area contributed by atoms with Gasteiger partial charge in [0.05, 0.1) is 0 Å². The second kappa shape index (κ2) is 5.49. The van der Waals surface area contributed by atoms with E-state index in [-0.39, 0.29) is 5.54 Å². The van der Waals surface area contributed by atoms with Gasteiger partial charge in [0.1, 0.15) is 18.0 Å². The first-order chi connectivity index (χ1) is 8.68. The summed E-state index contributed by atoms with van der Waals surface area (Å²) < 4.78 is 5.40. The number of hydrogen-bond donors (Lipinski definition) is 3. The molecule has 100 valence electrons. The van der Waals surface area contributed by atoms with Crippen LogP contribution in [0.15, 0.2) is 6.33 Å². The van der Waals surface area contributed by atoms with Crippen molar-refractivity contribution in [1.29, 1.82) is 0 Å². The number of rotatable bonds is 4. The van der Waals surface area contributed by atoms with Gasteiger partial charge < -0.3 is 15.5 Å². The Hall–Kier alpha value is -1.40. The van der Waals surface area contributed by atoms with Crippen molar-refractivity contribution >= 4 is 11.6 Å². The molecule has 0 amide bonds. The third kappa shape index (κ3) is 2.70. The summed E-state index contributed by atoms with van der Waals surface area (Å²) >= 11 is 0. The van der Waals surface area contributed by atoms with Crippen molar-refractivity contribution in [3.8, 4) is 0 Å². The topological polar surface area (TPSA) is 85.1 Å². The molecular formula is C12H21N5O. The summed E-state index contributed by atoms with van der Waals surface area (Å²) in [6, 6.07) is 0. The number of nitrogens with two attached hydrogens (primary N) is 1. The van der Waals surface area contributed by atoms with Gasteiger partial charge >= 0.3 is 0 Å². The number of hydrogen-bond acceptors (Lipinski definition) is 6. The molecule has 1 aromatic heterocycles. The summed E-state index contributed by atoms with van der Waals surface area (Å²) in [5.41, 5.74) is 3.67. The zero-order valence-corrected chi connectivity index (χ0v) is 11.0. The highest BCUT2D eigenvalue weighted by Crippen LogP contribution is 2.28. The Kier molecular flexibility index (Phi) is 3.98. The lowest BCUT2D eigenvalue weighted by Crippen LogP contribution is -2.41. The van der Waals surface area contributed by atoms with Gasteiger partial charge in [-0.25, -0.2) is 15.8 Å². The number of hydrazine groups is 1. The molecule has 0 unspecified atom stereocenters. The van der Waals surface area contributed by atoms with E-state index >= 15 is 0 Å². The third-order valence-corrected chi connectivity index (χ3v) is 3.45. The van der Waals surface area contributed by atoms with E-state index in [9.17, 15) is 0 Å². The van der Waals surface area contributed by atoms with E-state index in [0.717, 1.165) is 43.9 Å².